The molecule has 3 rings (SSSR count). The van der Waals surface area contributed by atoms with E-state index in [1.165, 1.54) is 0 Å². The first-order chi connectivity index (χ1) is 14.2. The maximum absolute atomic E-state index is 12.3. The van der Waals surface area contributed by atoms with E-state index in [1.807, 2.05) is 31.7 Å². The molecule has 1 aromatic carbocycles. The highest BCUT2D eigenvalue weighted by Gasteiger charge is 2.22. The largest absolute Gasteiger partial charge is 0.496 e. The number of nitrogens with one attached hydrogen (secondary N) is 1. The number of amides is 1. The van der Waals surface area contributed by atoms with Crippen molar-refractivity contribution in [3.8, 4) is 11.5 Å². The van der Waals surface area contributed by atoms with Gasteiger partial charge in [0.2, 0.25) is 0 Å². The van der Waals surface area contributed by atoms with Crippen LogP contribution in [0.1, 0.15) is 22.4 Å². The van der Waals surface area contributed by atoms with Crippen molar-refractivity contribution < 1.29 is 22.7 Å². The van der Waals surface area contributed by atoms with E-state index in [4.69, 9.17) is 9.47 Å². The molecule has 1 aliphatic heterocycles. The maximum Gasteiger partial charge on any atom is 0.412 e. The summed E-state index contributed by atoms with van der Waals surface area (Å²) >= 11 is 0. The summed E-state index contributed by atoms with van der Waals surface area (Å²) in [4.78, 5) is 18.7. The molecular weight excluding hydrogens is 406 g/mol. The van der Waals surface area contributed by atoms with Crippen LogP contribution in [-0.4, -0.2) is 51.2 Å². The van der Waals surface area contributed by atoms with Gasteiger partial charge in [0.15, 0.2) is 9.84 Å². The molecule has 1 saturated heterocycles. The van der Waals surface area contributed by atoms with E-state index >= 15 is 0 Å². The Morgan fingerprint density at radius 1 is 1.17 bits per heavy atom. The molecule has 2 aromatic rings. The summed E-state index contributed by atoms with van der Waals surface area (Å²) in [5.41, 5.74) is 4.27. The average molecular weight is 434 g/mol. The van der Waals surface area contributed by atoms with Crippen LogP contribution >= 0.6 is 0 Å². The van der Waals surface area contributed by atoms with Crippen molar-refractivity contribution in [2.24, 2.45) is 0 Å². The molecule has 0 unspecified atom stereocenters. The molecule has 162 valence electrons. The van der Waals surface area contributed by atoms with Crippen molar-refractivity contribution in [1.82, 2.24) is 10.3 Å². The number of hydrogen-bond donors (Lipinski definition) is 1. The Balaban J connectivity index is 1.65. The first-order valence-corrected chi connectivity index (χ1v) is 11.5. The molecule has 1 aliphatic rings. The summed E-state index contributed by atoms with van der Waals surface area (Å²) in [5, 5.41) is 2.72. The Labute approximate surface area is 177 Å². The number of carbonyl (C=O) groups is 1. The number of nitrogens with zero attached hydrogens (tertiary/aromatic N) is 2. The SMILES string of the molecule is COc1c(C)cnc(CNC(=O)Oc2cc(C)cc(N3CCS(=O)(=O)CC3)c2)c1C. The summed E-state index contributed by atoms with van der Waals surface area (Å²) in [7, 11) is -1.35. The van der Waals surface area contributed by atoms with Gasteiger partial charge in [-0.05, 0) is 38.5 Å². The van der Waals surface area contributed by atoms with Crippen molar-refractivity contribution in [3.63, 3.8) is 0 Å². The van der Waals surface area contributed by atoms with Crippen molar-refractivity contribution in [3.05, 3.63) is 46.8 Å². The van der Waals surface area contributed by atoms with Crippen LogP contribution in [0.2, 0.25) is 0 Å². The van der Waals surface area contributed by atoms with Crippen LogP contribution in [0.25, 0.3) is 0 Å². The number of methoxy groups -OCH3 is 1. The molecule has 8 nitrogen and oxygen atoms in total. The van der Waals surface area contributed by atoms with Crippen molar-refractivity contribution in [2.45, 2.75) is 27.3 Å². The van der Waals surface area contributed by atoms with Crippen molar-refractivity contribution >= 4 is 21.6 Å². The van der Waals surface area contributed by atoms with E-state index in [1.54, 1.807) is 25.4 Å². The molecule has 9 heteroatoms. The minimum absolute atomic E-state index is 0.129. The number of benzene rings is 1. The fourth-order valence-electron chi connectivity index (χ4n) is 3.49. The second-order valence-corrected chi connectivity index (χ2v) is 9.74. The van der Waals surface area contributed by atoms with E-state index in [0.29, 0.717) is 24.5 Å². The molecule has 1 aromatic heterocycles. The van der Waals surface area contributed by atoms with Gasteiger partial charge in [0, 0.05) is 42.2 Å². The molecule has 0 radical (unpaired) electrons. The van der Waals surface area contributed by atoms with Crippen molar-refractivity contribution in [2.75, 3.05) is 36.6 Å². The third kappa shape index (κ3) is 5.21. The molecule has 0 aliphatic carbocycles. The van der Waals surface area contributed by atoms with Crippen molar-refractivity contribution in [1.29, 1.82) is 0 Å². The zero-order valence-corrected chi connectivity index (χ0v) is 18.5. The number of ether oxygens (including phenoxy) is 2. The number of aromatic nitrogens is 1. The standard InChI is InChI=1S/C21H27N3O5S/c1-14-9-17(24-5-7-30(26,27)8-6-24)11-18(10-14)29-21(25)23-13-19-16(3)20(28-4)15(2)12-22-19/h9-12H,5-8,13H2,1-4H3,(H,23,25). The highest BCUT2D eigenvalue weighted by molar-refractivity contribution is 7.91. The van der Waals surface area contributed by atoms with Gasteiger partial charge in [-0.1, -0.05) is 0 Å². The number of sulfone groups is 1. The van der Waals surface area contributed by atoms with Gasteiger partial charge in [-0.2, -0.15) is 0 Å². The lowest BCUT2D eigenvalue weighted by atomic mass is 10.1. The van der Waals surface area contributed by atoms with Gasteiger partial charge in [-0.25, -0.2) is 13.2 Å². The Morgan fingerprint density at radius 2 is 1.87 bits per heavy atom. The zero-order valence-electron chi connectivity index (χ0n) is 17.7. The van der Waals surface area contributed by atoms with Gasteiger partial charge in [-0.3, -0.25) is 4.98 Å². The van der Waals surface area contributed by atoms with Gasteiger partial charge in [0.1, 0.15) is 11.5 Å². The monoisotopic (exact) mass is 433 g/mol. The van der Waals surface area contributed by atoms with Crippen LogP contribution in [0.5, 0.6) is 11.5 Å². The second-order valence-electron chi connectivity index (χ2n) is 7.43. The Hall–Kier alpha value is -2.81. The number of rotatable bonds is 5. The summed E-state index contributed by atoms with van der Waals surface area (Å²) in [6.45, 7) is 6.78. The molecule has 1 fully saturated rings. The number of anilines is 1. The Bertz CT molecular complexity index is 1040. The molecule has 1 N–H and O–H groups in total. The van der Waals surface area contributed by atoms with Crippen LogP contribution in [0.4, 0.5) is 10.5 Å². The number of aryl methyl sites for hydroxylation is 2. The number of hydrogen-bond acceptors (Lipinski definition) is 7. The lowest BCUT2D eigenvalue weighted by molar-refractivity contribution is 0.200. The first-order valence-electron chi connectivity index (χ1n) is 9.70. The molecular formula is C21H27N3O5S. The molecule has 30 heavy (non-hydrogen) atoms. The fourth-order valence-corrected chi connectivity index (χ4v) is 4.69. The van der Waals surface area contributed by atoms with E-state index in [9.17, 15) is 13.2 Å². The number of carbonyl (C=O) groups excluding carboxylic acids is 1. The molecule has 0 saturated carbocycles. The average Bonchev–Trinajstić information content (AvgIpc) is 2.67. The Morgan fingerprint density at radius 3 is 2.53 bits per heavy atom. The van der Waals surface area contributed by atoms with Crippen LogP contribution in [-0.2, 0) is 16.4 Å². The smallest absolute Gasteiger partial charge is 0.412 e. The van der Waals surface area contributed by atoms with Crippen LogP contribution < -0.4 is 19.7 Å². The highest BCUT2D eigenvalue weighted by Crippen LogP contribution is 2.26. The summed E-state index contributed by atoms with van der Waals surface area (Å²) in [6, 6.07) is 5.47. The summed E-state index contributed by atoms with van der Waals surface area (Å²) < 4.78 is 34.2. The van der Waals surface area contributed by atoms with Gasteiger partial charge in [0.25, 0.3) is 0 Å². The van der Waals surface area contributed by atoms with Crippen LogP contribution in [0.15, 0.2) is 24.4 Å². The van der Waals surface area contributed by atoms with Gasteiger partial charge >= 0.3 is 6.09 Å². The van der Waals surface area contributed by atoms with Gasteiger partial charge in [0.05, 0.1) is 30.9 Å². The lowest BCUT2D eigenvalue weighted by Crippen LogP contribution is -2.40. The highest BCUT2D eigenvalue weighted by atomic mass is 32.2. The number of pyridine rings is 1. The van der Waals surface area contributed by atoms with E-state index in [-0.39, 0.29) is 18.1 Å². The lowest BCUT2D eigenvalue weighted by Gasteiger charge is -2.29. The maximum atomic E-state index is 12.3. The van der Waals surface area contributed by atoms with E-state index in [0.717, 1.165) is 28.1 Å². The minimum atomic E-state index is -2.96. The van der Waals surface area contributed by atoms with Gasteiger partial charge in [-0.15, -0.1) is 0 Å². The quantitative estimate of drug-likeness (QED) is 0.774. The molecule has 0 atom stereocenters. The van der Waals surface area contributed by atoms with E-state index < -0.39 is 15.9 Å². The molecule has 2 heterocycles. The summed E-state index contributed by atoms with van der Waals surface area (Å²) in [5.74, 6) is 1.41. The third-order valence-corrected chi connectivity index (χ3v) is 6.71. The van der Waals surface area contributed by atoms with E-state index in [2.05, 4.69) is 10.3 Å². The minimum Gasteiger partial charge on any atom is -0.496 e. The topological polar surface area (TPSA) is 97.8 Å². The predicted molar refractivity (Wildman–Crippen MR) is 115 cm³/mol. The third-order valence-electron chi connectivity index (χ3n) is 5.11. The predicted octanol–water partition coefficient (Wildman–Crippen LogP) is 2.54. The fraction of sp³-hybridized carbons (Fsp3) is 0.429. The summed E-state index contributed by atoms with van der Waals surface area (Å²) in [6.07, 6.45) is 1.12. The van der Waals surface area contributed by atoms with Gasteiger partial charge < -0.3 is 19.7 Å². The Kier molecular flexibility index (Phi) is 6.50. The zero-order chi connectivity index (χ0) is 21.9. The van der Waals surface area contributed by atoms with Crippen LogP contribution in [0, 0.1) is 20.8 Å². The normalized spacial score (nSPS) is 15.5. The first kappa shape index (κ1) is 21.9. The second kappa shape index (κ2) is 8.91. The van der Waals surface area contributed by atoms with Crippen LogP contribution in [0.3, 0.4) is 0 Å². The molecule has 1 amide bonds. The molecule has 0 bridgehead atoms. The molecule has 0 spiro atoms.